The fourth-order valence-electron chi connectivity index (χ4n) is 1.85. The molecule has 1 aromatic rings. The van der Waals surface area contributed by atoms with Crippen molar-refractivity contribution in [2.75, 3.05) is 24.6 Å². The Morgan fingerprint density at radius 1 is 1.13 bits per heavy atom. The maximum absolute atomic E-state index is 8.02. The summed E-state index contributed by atoms with van der Waals surface area (Å²) >= 11 is 0. The first-order valence-electron chi connectivity index (χ1n) is 5.17. The minimum Gasteiger partial charge on any atom is -0.397 e. The molecular formula is C11H16N4. The zero-order chi connectivity index (χ0) is 10.8. The van der Waals surface area contributed by atoms with Crippen molar-refractivity contribution in [2.24, 2.45) is 0 Å². The van der Waals surface area contributed by atoms with E-state index in [0.717, 1.165) is 18.7 Å². The lowest BCUT2D eigenvalue weighted by molar-refractivity contribution is 0.517. The number of nitrogen functional groups attached to an aromatic ring is 2. The molecule has 1 fully saturated rings. The molecule has 15 heavy (non-hydrogen) atoms. The fraction of sp³-hybridized carbons (Fsp3) is 0.364. The summed E-state index contributed by atoms with van der Waals surface area (Å²) in [7, 11) is 0. The van der Waals surface area contributed by atoms with Crippen LogP contribution in [0.3, 0.4) is 0 Å². The maximum atomic E-state index is 8.02. The summed E-state index contributed by atoms with van der Waals surface area (Å²) < 4.78 is 0. The Morgan fingerprint density at radius 3 is 2.40 bits per heavy atom. The summed E-state index contributed by atoms with van der Waals surface area (Å²) in [6, 6.07) is 5.39. The number of benzene rings is 1. The van der Waals surface area contributed by atoms with Crippen molar-refractivity contribution in [1.29, 1.82) is 5.41 Å². The molecule has 0 bridgehead atoms. The summed E-state index contributed by atoms with van der Waals surface area (Å²) in [6.45, 7) is 1.95. The van der Waals surface area contributed by atoms with Crippen molar-refractivity contribution in [1.82, 2.24) is 4.90 Å². The van der Waals surface area contributed by atoms with Crippen molar-refractivity contribution >= 4 is 17.2 Å². The monoisotopic (exact) mass is 204 g/mol. The van der Waals surface area contributed by atoms with Gasteiger partial charge in [0.1, 0.15) is 5.84 Å². The van der Waals surface area contributed by atoms with Crippen LogP contribution >= 0.6 is 0 Å². The zero-order valence-electron chi connectivity index (χ0n) is 8.66. The van der Waals surface area contributed by atoms with Gasteiger partial charge in [0.05, 0.1) is 11.4 Å². The fourth-order valence-corrected chi connectivity index (χ4v) is 1.85. The number of hydrogen-bond donors (Lipinski definition) is 3. The molecule has 0 aliphatic carbocycles. The molecule has 1 aromatic carbocycles. The topological polar surface area (TPSA) is 79.1 Å². The van der Waals surface area contributed by atoms with Crippen molar-refractivity contribution in [2.45, 2.75) is 12.8 Å². The van der Waals surface area contributed by atoms with E-state index in [1.54, 1.807) is 12.1 Å². The Kier molecular flexibility index (Phi) is 2.49. The quantitative estimate of drug-likeness (QED) is 0.366. The van der Waals surface area contributed by atoms with Crippen LogP contribution in [0.15, 0.2) is 18.2 Å². The normalized spacial score (nSPS) is 15.6. The summed E-state index contributed by atoms with van der Waals surface area (Å²) in [4.78, 5) is 2.07. The van der Waals surface area contributed by atoms with Crippen LogP contribution in [0.5, 0.6) is 0 Å². The number of amidine groups is 1. The van der Waals surface area contributed by atoms with Crippen LogP contribution < -0.4 is 11.5 Å². The molecule has 1 aliphatic heterocycles. The van der Waals surface area contributed by atoms with Gasteiger partial charge in [-0.3, -0.25) is 5.41 Å². The average Bonchev–Trinajstić information content (AvgIpc) is 2.74. The lowest BCUT2D eigenvalue weighted by atomic mass is 10.1. The molecule has 1 aliphatic rings. The standard InChI is InChI=1S/C11H16N4/c12-9-4-3-8(7-10(9)13)11(14)15-5-1-2-6-15/h3-4,7,14H,1-2,5-6,12-13H2. The third kappa shape index (κ3) is 1.88. The SMILES string of the molecule is N=C(c1ccc(N)c(N)c1)N1CCCC1. The molecule has 0 radical (unpaired) electrons. The molecule has 0 unspecified atom stereocenters. The van der Waals surface area contributed by atoms with Crippen LogP contribution in [0, 0.1) is 5.41 Å². The highest BCUT2D eigenvalue weighted by atomic mass is 15.2. The summed E-state index contributed by atoms with van der Waals surface area (Å²) in [6.07, 6.45) is 2.35. The van der Waals surface area contributed by atoms with Gasteiger partial charge >= 0.3 is 0 Å². The van der Waals surface area contributed by atoms with Gasteiger partial charge in [-0.1, -0.05) is 0 Å². The molecule has 80 valence electrons. The first kappa shape index (κ1) is 9.83. The molecule has 0 saturated carbocycles. The molecule has 1 saturated heterocycles. The van der Waals surface area contributed by atoms with Crippen molar-refractivity contribution < 1.29 is 0 Å². The molecule has 0 atom stereocenters. The molecule has 4 heteroatoms. The van der Waals surface area contributed by atoms with Crippen LogP contribution in [-0.2, 0) is 0 Å². The van der Waals surface area contributed by atoms with Gasteiger partial charge < -0.3 is 16.4 Å². The third-order valence-electron chi connectivity index (χ3n) is 2.78. The summed E-state index contributed by atoms with van der Waals surface area (Å²) in [5, 5.41) is 8.02. The number of likely N-dealkylation sites (tertiary alicyclic amines) is 1. The number of rotatable bonds is 1. The summed E-state index contributed by atoms with van der Waals surface area (Å²) in [5.74, 6) is 0.555. The van der Waals surface area contributed by atoms with E-state index < -0.39 is 0 Å². The Hall–Kier alpha value is -1.71. The Labute approximate surface area is 89.4 Å². The first-order chi connectivity index (χ1) is 7.18. The van der Waals surface area contributed by atoms with Crippen LogP contribution in [0.1, 0.15) is 18.4 Å². The highest BCUT2D eigenvalue weighted by Gasteiger charge is 2.16. The van der Waals surface area contributed by atoms with Crippen molar-refractivity contribution in [3.63, 3.8) is 0 Å². The summed E-state index contributed by atoms with van der Waals surface area (Å²) in [5.41, 5.74) is 13.3. The number of nitrogens with one attached hydrogen (secondary N) is 1. The molecular weight excluding hydrogens is 188 g/mol. The largest absolute Gasteiger partial charge is 0.397 e. The second-order valence-electron chi connectivity index (χ2n) is 3.89. The van der Waals surface area contributed by atoms with Gasteiger partial charge in [-0.15, -0.1) is 0 Å². The van der Waals surface area contributed by atoms with E-state index in [4.69, 9.17) is 16.9 Å². The average molecular weight is 204 g/mol. The Morgan fingerprint density at radius 2 is 1.80 bits per heavy atom. The van der Waals surface area contributed by atoms with Gasteiger partial charge in [-0.2, -0.15) is 0 Å². The van der Waals surface area contributed by atoms with Crippen molar-refractivity contribution in [3.05, 3.63) is 23.8 Å². The second kappa shape index (κ2) is 3.81. The molecule has 4 nitrogen and oxygen atoms in total. The van der Waals surface area contributed by atoms with Crippen LogP contribution in [0.4, 0.5) is 11.4 Å². The number of anilines is 2. The van der Waals surface area contributed by atoms with Gasteiger partial charge in [0.25, 0.3) is 0 Å². The smallest absolute Gasteiger partial charge is 0.128 e. The Balaban J connectivity index is 2.21. The van der Waals surface area contributed by atoms with E-state index in [1.807, 2.05) is 6.07 Å². The van der Waals surface area contributed by atoms with Gasteiger partial charge in [0, 0.05) is 18.7 Å². The van der Waals surface area contributed by atoms with E-state index in [0.29, 0.717) is 17.2 Å². The van der Waals surface area contributed by atoms with Gasteiger partial charge in [-0.25, -0.2) is 0 Å². The molecule has 0 spiro atoms. The number of nitrogens with zero attached hydrogens (tertiary/aromatic N) is 1. The van der Waals surface area contributed by atoms with E-state index in [9.17, 15) is 0 Å². The van der Waals surface area contributed by atoms with Gasteiger partial charge in [-0.05, 0) is 31.0 Å². The van der Waals surface area contributed by atoms with E-state index >= 15 is 0 Å². The molecule has 0 amide bonds. The molecule has 2 rings (SSSR count). The van der Waals surface area contributed by atoms with Gasteiger partial charge in [0.15, 0.2) is 0 Å². The highest BCUT2D eigenvalue weighted by molar-refractivity contribution is 5.98. The molecule has 0 aromatic heterocycles. The molecule has 1 heterocycles. The third-order valence-corrected chi connectivity index (χ3v) is 2.78. The number of nitrogens with two attached hydrogens (primary N) is 2. The lowest BCUT2D eigenvalue weighted by Crippen LogP contribution is -2.27. The minimum absolute atomic E-state index is 0.552. The molecule has 5 N–H and O–H groups in total. The van der Waals surface area contributed by atoms with Gasteiger partial charge in [0.2, 0.25) is 0 Å². The van der Waals surface area contributed by atoms with Crippen LogP contribution in [0.2, 0.25) is 0 Å². The lowest BCUT2D eigenvalue weighted by Gasteiger charge is -2.18. The van der Waals surface area contributed by atoms with E-state index in [2.05, 4.69) is 4.90 Å². The maximum Gasteiger partial charge on any atom is 0.128 e. The first-order valence-corrected chi connectivity index (χ1v) is 5.17. The number of hydrogen-bond acceptors (Lipinski definition) is 3. The van der Waals surface area contributed by atoms with E-state index in [-0.39, 0.29) is 0 Å². The Bertz CT molecular complexity index is 380. The minimum atomic E-state index is 0.552. The highest BCUT2D eigenvalue weighted by Crippen LogP contribution is 2.19. The van der Waals surface area contributed by atoms with E-state index in [1.165, 1.54) is 12.8 Å². The predicted molar refractivity (Wildman–Crippen MR) is 62.9 cm³/mol. The van der Waals surface area contributed by atoms with Crippen LogP contribution in [-0.4, -0.2) is 23.8 Å². The zero-order valence-corrected chi connectivity index (χ0v) is 8.66. The van der Waals surface area contributed by atoms with Crippen molar-refractivity contribution in [3.8, 4) is 0 Å². The predicted octanol–water partition coefficient (Wildman–Crippen LogP) is 1.27. The second-order valence-corrected chi connectivity index (χ2v) is 3.89. The van der Waals surface area contributed by atoms with Crippen LogP contribution in [0.25, 0.3) is 0 Å².